The average Bonchev–Trinajstić information content (AvgIpc) is 3.69. The van der Waals surface area contributed by atoms with Crippen LogP contribution >= 0.6 is 69.6 Å². The highest BCUT2D eigenvalue weighted by Crippen LogP contribution is 2.42. The molecule has 184 valence electrons. The van der Waals surface area contributed by atoms with Gasteiger partial charge < -0.3 is 9.97 Å². The van der Waals surface area contributed by atoms with Crippen molar-refractivity contribution in [2.24, 2.45) is 9.98 Å². The first-order valence-electron chi connectivity index (χ1n) is 9.77. The standard InChI is InChI=1S/C20H14Cl2N4.4CH3Cl/c21-19-18-6-5-16(25-18)10-14-2-1-12(23-14)9-13-3-4-15(24-13)11-17-7-8-20(19,22)26-17;4*1-2/h1-11,19,23,25H;4*1H3. The zero-order chi connectivity index (χ0) is 25.7. The second-order valence-electron chi connectivity index (χ2n) is 6.43. The molecule has 34 heavy (non-hydrogen) atoms. The van der Waals surface area contributed by atoms with E-state index < -0.39 is 10.4 Å². The van der Waals surface area contributed by atoms with Gasteiger partial charge in [-0.3, -0.25) is 4.99 Å². The largest absolute Gasteiger partial charge is 0.357 e. The summed E-state index contributed by atoms with van der Waals surface area (Å²) in [5.41, 5.74) is 4.23. The molecule has 4 nitrogen and oxygen atoms in total. The quantitative estimate of drug-likeness (QED) is 0.263. The van der Waals surface area contributed by atoms with Gasteiger partial charge >= 0.3 is 0 Å². The first-order valence-corrected chi connectivity index (χ1v) is 13.6. The smallest absolute Gasteiger partial charge is 0.174 e. The molecule has 0 radical (unpaired) electrons. The van der Waals surface area contributed by atoms with Crippen molar-refractivity contribution in [3.8, 4) is 0 Å². The molecule has 2 atom stereocenters. The van der Waals surface area contributed by atoms with E-state index in [-0.39, 0.29) is 0 Å². The molecule has 0 aromatic carbocycles. The lowest BCUT2D eigenvalue weighted by molar-refractivity contribution is 0.705. The van der Waals surface area contributed by atoms with E-state index in [0.717, 1.165) is 39.2 Å². The number of allylic oxidation sites excluding steroid dienone is 4. The van der Waals surface area contributed by atoms with Gasteiger partial charge in [-0.1, -0.05) is 11.6 Å². The molecule has 5 heterocycles. The van der Waals surface area contributed by atoms with Gasteiger partial charge in [0.1, 0.15) is 5.38 Å². The van der Waals surface area contributed by atoms with Crippen molar-refractivity contribution in [1.82, 2.24) is 9.97 Å². The van der Waals surface area contributed by atoms with Gasteiger partial charge in [0.15, 0.2) is 5.00 Å². The van der Waals surface area contributed by atoms with Crippen LogP contribution in [0.5, 0.6) is 0 Å². The molecular weight excluding hydrogens is 557 g/mol. The van der Waals surface area contributed by atoms with Crippen LogP contribution in [0, 0.1) is 0 Å². The minimum absolute atomic E-state index is 0.517. The Bertz CT molecular complexity index is 1190. The molecule has 5 rings (SSSR count). The summed E-state index contributed by atoms with van der Waals surface area (Å²) in [6.45, 7) is 0. The van der Waals surface area contributed by atoms with E-state index in [9.17, 15) is 0 Å². The molecule has 8 bridgehead atoms. The lowest BCUT2D eigenvalue weighted by atomic mass is 10.1. The fourth-order valence-electron chi connectivity index (χ4n) is 3.21. The summed E-state index contributed by atoms with van der Waals surface area (Å²) in [4.78, 5) is 14.9. The number of aliphatic imine (C=N–C) groups is 2. The zero-order valence-electron chi connectivity index (χ0n) is 19.1. The average molecular weight is 583 g/mol. The van der Waals surface area contributed by atoms with E-state index >= 15 is 0 Å². The Kier molecular flexibility index (Phi) is 14.0. The monoisotopic (exact) mass is 580 g/mol. The van der Waals surface area contributed by atoms with E-state index in [1.807, 2.05) is 66.8 Å². The fourth-order valence-corrected chi connectivity index (χ4v) is 3.73. The van der Waals surface area contributed by atoms with E-state index in [0.29, 0.717) is 0 Å². The second kappa shape index (κ2) is 15.6. The molecule has 2 unspecified atom stereocenters. The first-order chi connectivity index (χ1) is 16.6. The number of hydrogen-bond acceptors (Lipinski definition) is 2. The predicted molar refractivity (Wildman–Crippen MR) is 154 cm³/mol. The molecule has 0 saturated heterocycles. The highest BCUT2D eigenvalue weighted by molar-refractivity contribution is 6.35. The maximum absolute atomic E-state index is 6.69. The lowest BCUT2D eigenvalue weighted by Crippen LogP contribution is -2.20. The minimum atomic E-state index is -1.02. The van der Waals surface area contributed by atoms with Crippen molar-refractivity contribution < 1.29 is 0 Å². The van der Waals surface area contributed by atoms with Gasteiger partial charge in [0.25, 0.3) is 0 Å². The normalized spacial score (nSPS) is 20.6. The molecule has 0 aliphatic carbocycles. The maximum Gasteiger partial charge on any atom is 0.174 e. The number of nitrogens with one attached hydrogen (secondary N) is 2. The summed E-state index contributed by atoms with van der Waals surface area (Å²) in [5.74, 6) is 0. The third kappa shape index (κ3) is 7.81. The number of fused-ring (bicyclic) bond motifs is 6. The van der Waals surface area contributed by atoms with Gasteiger partial charge in [0.05, 0.1) is 17.1 Å². The number of aromatic amines is 2. The van der Waals surface area contributed by atoms with Crippen LogP contribution < -0.4 is 10.7 Å². The van der Waals surface area contributed by atoms with Crippen LogP contribution in [0.1, 0.15) is 16.8 Å². The van der Waals surface area contributed by atoms with Gasteiger partial charge in [0, 0.05) is 47.6 Å². The highest BCUT2D eigenvalue weighted by atomic mass is 35.5. The van der Waals surface area contributed by atoms with Crippen LogP contribution in [0.15, 0.2) is 70.3 Å². The van der Waals surface area contributed by atoms with E-state index in [4.69, 9.17) is 23.2 Å². The molecule has 2 N–H and O–H groups in total. The maximum atomic E-state index is 6.69. The van der Waals surface area contributed by atoms with Crippen LogP contribution in [0.4, 0.5) is 0 Å². The molecule has 0 amide bonds. The Hall–Kier alpha value is -1.40. The van der Waals surface area contributed by atoms with E-state index in [2.05, 4.69) is 66.4 Å². The van der Waals surface area contributed by atoms with Crippen molar-refractivity contribution in [2.45, 2.75) is 10.4 Å². The summed E-state index contributed by atoms with van der Waals surface area (Å²) in [7, 11) is 0. The van der Waals surface area contributed by atoms with Crippen molar-refractivity contribution >= 4 is 93.2 Å². The zero-order valence-corrected chi connectivity index (χ0v) is 23.6. The molecule has 2 aromatic rings. The predicted octanol–water partition coefficient (Wildman–Crippen LogP) is 6.51. The number of H-pyrrole nitrogens is 2. The SMILES string of the molecule is CCl.CCl.CCl.CCl.ClC1c2ccc([nH]2)C=c2ccc([nH]2)=CC2=NC(=CC3=NC1(Cl)C=C3)C=C2. The Morgan fingerprint density at radius 3 is 2.06 bits per heavy atom. The number of alkyl halides is 6. The summed E-state index contributed by atoms with van der Waals surface area (Å²) >= 11 is 31.9. The molecule has 0 saturated carbocycles. The second-order valence-corrected chi connectivity index (χ2v) is 7.47. The van der Waals surface area contributed by atoms with Crippen molar-refractivity contribution in [3.63, 3.8) is 0 Å². The van der Waals surface area contributed by atoms with Gasteiger partial charge in [-0.05, 0) is 66.8 Å². The van der Waals surface area contributed by atoms with E-state index in [1.54, 1.807) is 0 Å². The number of halogens is 6. The Morgan fingerprint density at radius 1 is 0.735 bits per heavy atom. The Labute approximate surface area is 230 Å². The summed E-state index contributed by atoms with van der Waals surface area (Å²) in [6.07, 6.45) is 19.5. The van der Waals surface area contributed by atoms with Gasteiger partial charge in [0.2, 0.25) is 0 Å². The van der Waals surface area contributed by atoms with E-state index in [1.165, 1.54) is 25.5 Å². The van der Waals surface area contributed by atoms with Gasteiger partial charge in [-0.25, -0.2) is 4.99 Å². The van der Waals surface area contributed by atoms with Crippen LogP contribution in [0.2, 0.25) is 0 Å². The van der Waals surface area contributed by atoms with Crippen LogP contribution in [-0.2, 0) is 0 Å². The van der Waals surface area contributed by atoms with Crippen LogP contribution in [-0.4, -0.2) is 51.9 Å². The van der Waals surface area contributed by atoms with Crippen molar-refractivity contribution in [2.75, 3.05) is 25.5 Å². The fraction of sp³-hybridized carbons (Fsp3) is 0.250. The molecular formula is C24H26Cl6N4. The van der Waals surface area contributed by atoms with Crippen molar-refractivity contribution in [1.29, 1.82) is 0 Å². The Balaban J connectivity index is 0.000000659. The van der Waals surface area contributed by atoms with Gasteiger partial charge in [-0.15, -0.1) is 58.0 Å². The number of nitrogens with zero attached hydrogens (tertiary/aromatic N) is 2. The summed E-state index contributed by atoms with van der Waals surface area (Å²) in [6, 6.07) is 7.97. The van der Waals surface area contributed by atoms with Crippen molar-refractivity contribution in [3.05, 3.63) is 82.4 Å². The molecule has 3 aliphatic heterocycles. The Morgan fingerprint density at radius 2 is 1.38 bits per heavy atom. The van der Waals surface area contributed by atoms with Crippen LogP contribution in [0.25, 0.3) is 12.2 Å². The topological polar surface area (TPSA) is 56.3 Å². The van der Waals surface area contributed by atoms with Crippen LogP contribution in [0.3, 0.4) is 0 Å². The minimum Gasteiger partial charge on any atom is -0.357 e. The summed E-state index contributed by atoms with van der Waals surface area (Å²) < 4.78 is 0. The third-order valence-electron chi connectivity index (χ3n) is 4.47. The number of hydrogen-bond donors (Lipinski definition) is 2. The molecule has 10 heteroatoms. The van der Waals surface area contributed by atoms with Gasteiger partial charge in [-0.2, -0.15) is 0 Å². The number of aromatic nitrogens is 2. The molecule has 0 fully saturated rings. The molecule has 3 aliphatic rings. The highest BCUT2D eigenvalue weighted by Gasteiger charge is 2.37. The first kappa shape index (κ1) is 30.6. The molecule has 2 aromatic heterocycles. The summed E-state index contributed by atoms with van der Waals surface area (Å²) in [5, 5.41) is 1.47. The third-order valence-corrected chi connectivity index (χ3v) is 5.58. The molecule has 0 spiro atoms. The lowest BCUT2D eigenvalue weighted by Gasteiger charge is -2.21. The number of rotatable bonds is 0.